The van der Waals surface area contributed by atoms with Crippen LogP contribution in [-0.4, -0.2) is 53.0 Å². The lowest BCUT2D eigenvalue weighted by Gasteiger charge is -2.48. The number of nitrogens with zero attached hydrogens (tertiary/aromatic N) is 4. The first-order valence-electron chi connectivity index (χ1n) is 11.4. The molecule has 0 radical (unpaired) electrons. The molecule has 34 heavy (non-hydrogen) atoms. The molecule has 5 rings (SSSR count). The van der Waals surface area contributed by atoms with Gasteiger partial charge >= 0.3 is 6.03 Å². The highest BCUT2D eigenvalue weighted by atomic mass is 32.1. The standard InChI is InChI=1S/C25H28N6O2S/c1-30(2)25(18-7-4-3-5-8-18)12-10-24(11-13-25)17-31(23(33)29-24)19-15-26-22(27-16-19)28-21(32)20-9-6-14-34-20/h3-9,14-16H,10-13,17H2,1-2H3,(H,29,33)(H,26,27,28,32)/t24-,25-. The fourth-order valence-electron chi connectivity index (χ4n) is 5.18. The molecule has 1 saturated carbocycles. The van der Waals surface area contributed by atoms with Gasteiger partial charge in [0.05, 0.1) is 35.0 Å². The van der Waals surface area contributed by atoms with Crippen molar-refractivity contribution in [2.45, 2.75) is 36.8 Å². The number of carbonyl (C=O) groups excluding carboxylic acids is 2. The van der Waals surface area contributed by atoms with E-state index in [-0.39, 0.29) is 29.0 Å². The van der Waals surface area contributed by atoms with E-state index in [2.05, 4.69) is 63.9 Å². The van der Waals surface area contributed by atoms with Crippen LogP contribution in [0.3, 0.4) is 0 Å². The summed E-state index contributed by atoms with van der Waals surface area (Å²) in [5, 5.41) is 7.79. The van der Waals surface area contributed by atoms with Crippen molar-refractivity contribution in [1.82, 2.24) is 20.2 Å². The molecule has 3 aromatic rings. The van der Waals surface area contributed by atoms with Crippen LogP contribution in [0.25, 0.3) is 0 Å². The molecule has 0 bridgehead atoms. The van der Waals surface area contributed by atoms with Gasteiger partial charge in [-0.2, -0.15) is 0 Å². The van der Waals surface area contributed by atoms with Crippen LogP contribution in [0.2, 0.25) is 0 Å². The molecule has 176 valence electrons. The van der Waals surface area contributed by atoms with Crippen LogP contribution in [0.5, 0.6) is 0 Å². The van der Waals surface area contributed by atoms with Crippen LogP contribution in [0.1, 0.15) is 40.9 Å². The summed E-state index contributed by atoms with van der Waals surface area (Å²) >= 11 is 1.35. The summed E-state index contributed by atoms with van der Waals surface area (Å²) in [5.74, 6) is -0.0293. The quantitative estimate of drug-likeness (QED) is 0.579. The Kier molecular flexibility index (Phi) is 5.83. The summed E-state index contributed by atoms with van der Waals surface area (Å²) in [6, 6.07) is 14.1. The van der Waals surface area contributed by atoms with E-state index in [1.54, 1.807) is 23.4 Å². The van der Waals surface area contributed by atoms with E-state index in [1.807, 2.05) is 17.5 Å². The molecule has 1 aliphatic carbocycles. The van der Waals surface area contributed by atoms with Gasteiger partial charge in [0, 0.05) is 5.54 Å². The van der Waals surface area contributed by atoms with Crippen LogP contribution in [0, 0.1) is 0 Å². The number of hydrogen-bond acceptors (Lipinski definition) is 6. The lowest BCUT2D eigenvalue weighted by atomic mass is 9.69. The molecule has 3 amide bonds. The lowest BCUT2D eigenvalue weighted by molar-refractivity contribution is 0.0658. The fraction of sp³-hybridized carbons (Fsp3) is 0.360. The van der Waals surface area contributed by atoms with Gasteiger partial charge in [0.15, 0.2) is 0 Å². The van der Waals surface area contributed by atoms with E-state index >= 15 is 0 Å². The molecule has 2 fully saturated rings. The minimum absolute atomic E-state index is 0.0316. The molecule has 1 aromatic carbocycles. The summed E-state index contributed by atoms with van der Waals surface area (Å²) in [7, 11) is 4.28. The number of benzene rings is 1. The number of nitrogens with one attached hydrogen (secondary N) is 2. The number of hydrogen-bond donors (Lipinski definition) is 2. The summed E-state index contributed by atoms with van der Waals surface area (Å²) in [6.07, 6.45) is 6.87. The maximum absolute atomic E-state index is 12.9. The SMILES string of the molecule is CN(C)[C@]1(c2ccccc2)CC[C@@]2(CC1)CN(c1cnc(NC(=O)c3cccs3)nc1)C(=O)N2. The minimum Gasteiger partial charge on any atom is -0.330 e. The van der Waals surface area contributed by atoms with E-state index in [9.17, 15) is 9.59 Å². The maximum atomic E-state index is 12.9. The number of urea groups is 1. The van der Waals surface area contributed by atoms with E-state index in [0.29, 0.717) is 17.1 Å². The third-order valence-corrected chi connectivity index (χ3v) is 8.07. The predicted octanol–water partition coefficient (Wildman–Crippen LogP) is 4.09. The van der Waals surface area contributed by atoms with Crippen molar-refractivity contribution >= 4 is 34.9 Å². The van der Waals surface area contributed by atoms with Gasteiger partial charge in [0.25, 0.3) is 5.91 Å². The van der Waals surface area contributed by atoms with Crippen molar-refractivity contribution in [2.75, 3.05) is 30.9 Å². The first-order valence-corrected chi connectivity index (χ1v) is 12.3. The van der Waals surface area contributed by atoms with Crippen molar-refractivity contribution in [1.29, 1.82) is 0 Å². The third kappa shape index (κ3) is 4.05. The Morgan fingerprint density at radius 2 is 1.76 bits per heavy atom. The molecule has 2 aromatic heterocycles. The average molecular weight is 477 g/mol. The van der Waals surface area contributed by atoms with Crippen molar-refractivity contribution in [3.05, 3.63) is 70.7 Å². The zero-order valence-corrected chi connectivity index (χ0v) is 20.1. The third-order valence-electron chi connectivity index (χ3n) is 7.20. The fourth-order valence-corrected chi connectivity index (χ4v) is 5.80. The number of thiophene rings is 1. The van der Waals surface area contributed by atoms with Crippen LogP contribution >= 0.6 is 11.3 Å². The van der Waals surface area contributed by atoms with E-state index < -0.39 is 0 Å². The van der Waals surface area contributed by atoms with Gasteiger partial charge < -0.3 is 5.32 Å². The normalized spacial score (nSPS) is 24.4. The topological polar surface area (TPSA) is 90.5 Å². The molecule has 1 saturated heterocycles. The van der Waals surface area contributed by atoms with E-state index in [0.717, 1.165) is 25.7 Å². The van der Waals surface area contributed by atoms with Gasteiger partial charge in [0.2, 0.25) is 5.95 Å². The highest BCUT2D eigenvalue weighted by molar-refractivity contribution is 7.12. The van der Waals surface area contributed by atoms with Gasteiger partial charge in [-0.25, -0.2) is 14.8 Å². The second-order valence-corrected chi connectivity index (χ2v) is 10.2. The Bertz CT molecular complexity index is 1160. The molecule has 2 N–H and O–H groups in total. The predicted molar refractivity (Wildman–Crippen MR) is 133 cm³/mol. The van der Waals surface area contributed by atoms with Gasteiger partial charge in [-0.15, -0.1) is 11.3 Å². The summed E-state index contributed by atoms with van der Waals surface area (Å²) in [6.45, 7) is 0.578. The number of amides is 3. The Labute approximate surface area is 203 Å². The Hall–Kier alpha value is -3.30. The minimum atomic E-state index is -0.266. The second kappa shape index (κ2) is 8.81. The second-order valence-electron chi connectivity index (χ2n) is 9.28. The molecule has 0 unspecified atom stereocenters. The Morgan fingerprint density at radius 1 is 1.06 bits per heavy atom. The highest BCUT2D eigenvalue weighted by Gasteiger charge is 2.50. The van der Waals surface area contributed by atoms with Crippen molar-refractivity contribution in [2.24, 2.45) is 0 Å². The molecular weight excluding hydrogens is 448 g/mol. The first kappa shape index (κ1) is 22.5. The molecule has 2 aliphatic rings. The number of anilines is 2. The zero-order valence-electron chi connectivity index (χ0n) is 19.3. The molecule has 0 atom stereocenters. The average Bonchev–Trinajstić information content (AvgIpc) is 3.50. The van der Waals surface area contributed by atoms with Crippen LogP contribution in [-0.2, 0) is 5.54 Å². The Morgan fingerprint density at radius 3 is 2.38 bits per heavy atom. The zero-order chi connectivity index (χ0) is 23.8. The van der Waals surface area contributed by atoms with Crippen LogP contribution in [0.15, 0.2) is 60.2 Å². The maximum Gasteiger partial charge on any atom is 0.322 e. The molecule has 1 aliphatic heterocycles. The summed E-state index contributed by atoms with van der Waals surface area (Å²) < 4.78 is 0. The van der Waals surface area contributed by atoms with E-state index in [1.165, 1.54) is 16.9 Å². The van der Waals surface area contributed by atoms with Gasteiger partial charge in [-0.3, -0.25) is 19.9 Å². The molecule has 8 nitrogen and oxygen atoms in total. The van der Waals surface area contributed by atoms with Crippen molar-refractivity contribution in [3.8, 4) is 0 Å². The highest BCUT2D eigenvalue weighted by Crippen LogP contribution is 2.46. The van der Waals surface area contributed by atoms with Gasteiger partial charge in [-0.1, -0.05) is 36.4 Å². The number of aromatic nitrogens is 2. The molecule has 1 spiro atoms. The summed E-state index contributed by atoms with van der Waals surface area (Å²) in [4.78, 5) is 38.3. The van der Waals surface area contributed by atoms with Crippen molar-refractivity contribution in [3.63, 3.8) is 0 Å². The van der Waals surface area contributed by atoms with E-state index in [4.69, 9.17) is 0 Å². The molecule has 9 heteroatoms. The molecule has 3 heterocycles. The number of carbonyl (C=O) groups is 2. The van der Waals surface area contributed by atoms with Crippen molar-refractivity contribution < 1.29 is 9.59 Å². The monoisotopic (exact) mass is 476 g/mol. The largest absolute Gasteiger partial charge is 0.330 e. The van der Waals surface area contributed by atoms with Gasteiger partial charge in [-0.05, 0) is 56.8 Å². The molecular formula is C25H28N6O2S. The van der Waals surface area contributed by atoms with Gasteiger partial charge in [0.1, 0.15) is 0 Å². The summed E-state index contributed by atoms with van der Waals surface area (Å²) in [5.41, 5.74) is 1.65. The smallest absolute Gasteiger partial charge is 0.322 e. The van der Waals surface area contributed by atoms with Crippen LogP contribution < -0.4 is 15.5 Å². The first-order chi connectivity index (χ1) is 16.4. The van der Waals surface area contributed by atoms with Crippen LogP contribution in [0.4, 0.5) is 16.4 Å². The lowest BCUT2D eigenvalue weighted by Crippen LogP contribution is -2.54. The number of rotatable bonds is 5. The Balaban J connectivity index is 1.27.